The molecular formula is C67H53N17O8. The number of aliphatic hydroxyl groups excluding tert-OH is 2. The molecule has 8 N–H and O–H groups in total. The molecule has 0 unspecified atom stereocenters. The highest BCUT2D eigenvalue weighted by Crippen LogP contribution is 2.47. The van der Waals surface area contributed by atoms with E-state index in [9.17, 15) is 29.4 Å². The van der Waals surface area contributed by atoms with Gasteiger partial charge in [0.05, 0.1) is 64.9 Å². The number of nitrogen functional groups attached to an aromatic ring is 2. The summed E-state index contributed by atoms with van der Waals surface area (Å²) < 4.78 is 8.03. The molecule has 8 heterocycles. The van der Waals surface area contributed by atoms with E-state index >= 15 is 9.59 Å². The first-order chi connectivity index (χ1) is 44.5. The van der Waals surface area contributed by atoms with Gasteiger partial charge in [-0.3, -0.25) is 37.9 Å². The molecule has 0 bridgehead atoms. The van der Waals surface area contributed by atoms with E-state index in [2.05, 4.69) is 69.9 Å². The normalized spacial score (nSPS) is 14.3. The number of hydrogen-bond acceptors (Lipinski definition) is 17. The summed E-state index contributed by atoms with van der Waals surface area (Å²) in [7, 11) is 0. The van der Waals surface area contributed by atoms with Crippen LogP contribution in [-0.2, 0) is 0 Å². The Bertz CT molecular complexity index is 5350. The quantitative estimate of drug-likeness (QED) is 0.0764. The molecular weight excluding hydrogens is 1170 g/mol. The topological polar surface area (TPSA) is 338 Å². The number of benzene rings is 4. The molecule has 12 aromatic rings. The number of fused-ring (bicyclic) bond motifs is 4. The van der Waals surface area contributed by atoms with Crippen molar-refractivity contribution in [3.63, 3.8) is 0 Å². The van der Waals surface area contributed by atoms with Gasteiger partial charge in [-0.2, -0.15) is 9.78 Å². The molecule has 25 heteroatoms. The van der Waals surface area contributed by atoms with Crippen LogP contribution in [0.3, 0.4) is 0 Å². The van der Waals surface area contributed by atoms with Crippen molar-refractivity contribution in [3.05, 3.63) is 218 Å². The van der Waals surface area contributed by atoms with E-state index in [1.54, 1.807) is 117 Å². The van der Waals surface area contributed by atoms with Gasteiger partial charge in [-0.25, -0.2) is 23.7 Å². The predicted octanol–water partition coefficient (Wildman–Crippen LogP) is 5.61. The molecule has 92 heavy (non-hydrogen) atoms. The molecule has 2 fully saturated rings. The molecule has 2 atom stereocenters. The van der Waals surface area contributed by atoms with Gasteiger partial charge in [0.25, 0.3) is 34.7 Å². The molecule has 0 radical (unpaired) electrons. The Hall–Kier alpha value is -12.2. The first-order valence-electron chi connectivity index (χ1n) is 29.3. The molecule has 2 amide bonds. The molecule has 25 nitrogen and oxygen atoms in total. The smallest absolute Gasteiger partial charge is 0.264 e. The van der Waals surface area contributed by atoms with Gasteiger partial charge in [-0.05, 0) is 134 Å². The number of anilines is 2. The van der Waals surface area contributed by atoms with E-state index in [4.69, 9.17) is 11.5 Å². The van der Waals surface area contributed by atoms with Gasteiger partial charge in [0.2, 0.25) is 0 Å². The van der Waals surface area contributed by atoms with Gasteiger partial charge in [-0.1, -0.05) is 65.4 Å². The SMILES string of the molecule is C[C@H](NC(=O)c1c(N)nn2cccnc12)c1cc2cccc(C#Cc3cn(C(=O)C4(CO)CC4)nn3)c2c(=O)n1-c1cccc(-c2cc(C#Cc3cnn(C(=O)C4(CO)CC4)c3)c3c(=O)n(-c4ccccc4)c([C@H](C)NC(=O)c4c(N)nn5cccnc45)cc3c2)c1. The summed E-state index contributed by atoms with van der Waals surface area (Å²) in [5, 5.41) is 48.3. The fraction of sp³-hybridized carbons (Fsp3) is 0.179. The minimum atomic E-state index is -0.902. The molecule has 454 valence electrons. The number of aliphatic hydroxyl groups is 2. The first kappa shape index (κ1) is 57.5. The fourth-order valence-electron chi connectivity index (χ4n) is 11.6. The van der Waals surface area contributed by atoms with Crippen molar-refractivity contribution >= 4 is 68.1 Å². The van der Waals surface area contributed by atoms with E-state index in [1.165, 1.54) is 53.8 Å². The molecule has 2 aliphatic rings. The van der Waals surface area contributed by atoms with Crippen molar-refractivity contribution in [2.45, 2.75) is 51.6 Å². The van der Waals surface area contributed by atoms with E-state index in [1.807, 2.05) is 18.2 Å². The lowest BCUT2D eigenvalue weighted by Gasteiger charge is -2.22. The standard InChI is InChI=1S/C67H53N17O8/c1-38(73-60(87)54-56(68)76-79-26-8-24-70-58(54)79)50-31-43-12-6-10-41(18-19-47-35-82(78-75-47)65(92)67(37-86)22-23-67)52(43)62(89)84(50)49-15-7-11-42(30-49)45-28-44(17-16-40-33-72-81(34-40)64(91)66(36-85)20-21-66)53-46(29-45)32-51(83(63(53)90)48-13-4-3-5-14-48)39(2)74-61(88)55-57(69)77-80-27-9-25-71-59(55)80/h3-15,24-35,38-39,85-86H,20-23,36-37H2,1-2H3,(H2,68,76)(H2,69,77)(H,73,87)(H,74,88)/t38-,39-/m0/s1. The number of carbonyl (C=O) groups excluding carboxylic acids is 4. The maximum Gasteiger partial charge on any atom is 0.264 e. The number of amides is 2. The Balaban J connectivity index is 0.927. The van der Waals surface area contributed by atoms with E-state index in [0.717, 1.165) is 4.68 Å². The molecule has 14 rings (SSSR count). The molecule has 0 spiro atoms. The lowest BCUT2D eigenvalue weighted by Crippen LogP contribution is -2.32. The highest BCUT2D eigenvalue weighted by Gasteiger charge is 2.51. The van der Waals surface area contributed by atoms with Crippen LogP contribution in [0.15, 0.2) is 162 Å². The summed E-state index contributed by atoms with van der Waals surface area (Å²) in [4.78, 5) is 95.3. The largest absolute Gasteiger partial charge is 0.395 e. The number of nitrogens with two attached hydrogens (primary N) is 2. The third-order valence-corrected chi connectivity index (χ3v) is 16.9. The van der Waals surface area contributed by atoms with Crippen LogP contribution in [0.2, 0.25) is 0 Å². The lowest BCUT2D eigenvalue weighted by molar-refractivity contribution is 0.0712. The van der Waals surface area contributed by atoms with Crippen molar-refractivity contribution in [1.82, 2.24) is 73.7 Å². The van der Waals surface area contributed by atoms with Gasteiger partial charge < -0.3 is 32.3 Å². The van der Waals surface area contributed by atoms with Crippen LogP contribution in [0.4, 0.5) is 11.6 Å². The fourth-order valence-corrected chi connectivity index (χ4v) is 11.6. The maximum atomic E-state index is 15.7. The Labute approximate surface area is 520 Å². The number of para-hydroxylation sites is 1. The summed E-state index contributed by atoms with van der Waals surface area (Å²) in [6.45, 7) is 2.83. The first-order valence-corrected chi connectivity index (χ1v) is 29.3. The number of hydrogen-bond donors (Lipinski definition) is 6. The van der Waals surface area contributed by atoms with Gasteiger partial charge in [0.15, 0.2) is 28.6 Å². The van der Waals surface area contributed by atoms with Crippen molar-refractivity contribution in [3.8, 4) is 46.2 Å². The summed E-state index contributed by atoms with van der Waals surface area (Å²) >= 11 is 0. The number of carbonyl (C=O) groups is 4. The number of aromatic nitrogens is 13. The van der Waals surface area contributed by atoms with Crippen LogP contribution in [0.25, 0.3) is 55.3 Å². The zero-order valence-corrected chi connectivity index (χ0v) is 49.1. The van der Waals surface area contributed by atoms with Crippen molar-refractivity contribution in [2.24, 2.45) is 10.8 Å². The Morgan fingerprint density at radius 2 is 1.16 bits per heavy atom. The van der Waals surface area contributed by atoms with Crippen molar-refractivity contribution in [2.75, 3.05) is 24.7 Å². The van der Waals surface area contributed by atoms with E-state index < -0.39 is 51.8 Å². The second-order valence-corrected chi connectivity index (χ2v) is 23.0. The molecule has 8 aromatic heterocycles. The molecule has 2 aliphatic carbocycles. The minimum Gasteiger partial charge on any atom is -0.395 e. The van der Waals surface area contributed by atoms with Crippen LogP contribution in [-0.4, -0.2) is 110 Å². The summed E-state index contributed by atoms with van der Waals surface area (Å²) in [5.74, 6) is 10.3. The molecule has 2 saturated carbocycles. The summed E-state index contributed by atoms with van der Waals surface area (Å²) in [6, 6.07) is 29.9. The Morgan fingerprint density at radius 3 is 1.78 bits per heavy atom. The molecule has 4 aromatic carbocycles. The molecule has 0 aliphatic heterocycles. The number of rotatable bonds is 13. The summed E-state index contributed by atoms with van der Waals surface area (Å²) in [5.41, 5.74) is 14.1. The van der Waals surface area contributed by atoms with Crippen LogP contribution in [0, 0.1) is 34.5 Å². The zero-order valence-electron chi connectivity index (χ0n) is 49.1. The Kier molecular flexibility index (Phi) is 14.0. The Morgan fingerprint density at radius 1 is 0.598 bits per heavy atom. The average Bonchev–Trinajstić information content (AvgIpc) is 1.26. The second-order valence-electron chi connectivity index (χ2n) is 23.0. The second kappa shape index (κ2) is 22.4. The zero-order chi connectivity index (χ0) is 63.7. The third-order valence-electron chi connectivity index (χ3n) is 16.9. The van der Waals surface area contributed by atoms with Crippen LogP contribution < -0.4 is 33.2 Å². The third kappa shape index (κ3) is 10.0. The van der Waals surface area contributed by atoms with Gasteiger partial charge in [-0.15, -0.1) is 15.3 Å². The van der Waals surface area contributed by atoms with Gasteiger partial charge >= 0.3 is 0 Å². The van der Waals surface area contributed by atoms with Crippen molar-refractivity contribution in [1.29, 1.82) is 0 Å². The number of pyridine rings is 2. The van der Waals surface area contributed by atoms with E-state index in [-0.39, 0.29) is 75.2 Å². The number of nitrogens with one attached hydrogen (secondary N) is 2. The highest BCUT2D eigenvalue weighted by molar-refractivity contribution is 6.05. The average molecular weight is 1220 g/mol. The van der Waals surface area contributed by atoms with E-state index in [0.29, 0.717) is 81.5 Å². The van der Waals surface area contributed by atoms with Crippen LogP contribution >= 0.6 is 0 Å². The van der Waals surface area contributed by atoms with Crippen LogP contribution in [0.1, 0.15) is 116 Å². The molecule has 0 saturated heterocycles. The van der Waals surface area contributed by atoms with Crippen molar-refractivity contribution < 1.29 is 29.4 Å². The maximum absolute atomic E-state index is 15.7. The predicted molar refractivity (Wildman–Crippen MR) is 338 cm³/mol. The monoisotopic (exact) mass is 1220 g/mol. The minimum absolute atomic E-state index is 0.0318. The number of nitrogens with zero attached hydrogens (tertiary/aromatic N) is 13. The summed E-state index contributed by atoms with van der Waals surface area (Å²) in [6.07, 6.45) is 12.7. The van der Waals surface area contributed by atoms with Crippen LogP contribution in [0.5, 0.6) is 0 Å². The van der Waals surface area contributed by atoms with Gasteiger partial charge in [0, 0.05) is 64.9 Å². The van der Waals surface area contributed by atoms with Gasteiger partial charge in [0.1, 0.15) is 11.1 Å². The lowest BCUT2D eigenvalue weighted by atomic mass is 9.95. The highest BCUT2D eigenvalue weighted by atomic mass is 16.3.